The number of hydrogen-bond donors (Lipinski definition) is 1. The summed E-state index contributed by atoms with van der Waals surface area (Å²) >= 11 is 0. The van der Waals surface area contributed by atoms with Crippen molar-refractivity contribution in [2.45, 2.75) is 33.4 Å². The number of carbonyl (C=O) groups excluding carboxylic acids is 1. The molecule has 0 fully saturated rings. The van der Waals surface area contributed by atoms with Crippen molar-refractivity contribution in [3.05, 3.63) is 41.2 Å². The zero-order valence-corrected chi connectivity index (χ0v) is 12.9. The van der Waals surface area contributed by atoms with E-state index in [1.807, 2.05) is 31.5 Å². The predicted molar refractivity (Wildman–Crippen MR) is 81.2 cm³/mol. The summed E-state index contributed by atoms with van der Waals surface area (Å²) in [4.78, 5) is 12.3. The molecular formula is C16H19N3O3. The quantitative estimate of drug-likeness (QED) is 0.938. The molecule has 2 aromatic rings. The first kappa shape index (κ1) is 14.4. The van der Waals surface area contributed by atoms with E-state index in [9.17, 15) is 4.79 Å². The van der Waals surface area contributed by atoms with Crippen molar-refractivity contribution >= 4 is 5.91 Å². The molecule has 1 aromatic carbocycles. The smallest absolute Gasteiger partial charge is 0.251 e. The van der Waals surface area contributed by atoms with Crippen LogP contribution in [0.5, 0.6) is 11.5 Å². The summed E-state index contributed by atoms with van der Waals surface area (Å²) in [5, 5.41) is 7.38. The molecule has 2 heterocycles. The minimum absolute atomic E-state index is 0.0316. The van der Waals surface area contributed by atoms with Crippen LogP contribution in [0, 0.1) is 13.8 Å². The first-order valence-corrected chi connectivity index (χ1v) is 7.24. The van der Waals surface area contributed by atoms with Crippen molar-refractivity contribution in [2.24, 2.45) is 0 Å². The Labute approximate surface area is 129 Å². The summed E-state index contributed by atoms with van der Waals surface area (Å²) in [6.07, 6.45) is 0. The van der Waals surface area contributed by atoms with Crippen LogP contribution in [0.4, 0.5) is 0 Å². The lowest BCUT2D eigenvalue weighted by Gasteiger charge is -2.15. The van der Waals surface area contributed by atoms with Crippen LogP contribution in [0.2, 0.25) is 0 Å². The normalized spacial score (nSPS) is 14.0. The molecule has 0 spiro atoms. The lowest BCUT2D eigenvalue weighted by Crippen LogP contribution is -2.36. The SMILES string of the molecule is Cc1cc(C)n(CC(C)NC(=O)c2ccc3c(c2)OCO3)n1. The van der Waals surface area contributed by atoms with E-state index in [4.69, 9.17) is 9.47 Å². The number of fused-ring (bicyclic) bond motifs is 1. The number of aryl methyl sites for hydroxylation is 2. The Kier molecular flexibility index (Phi) is 3.75. The first-order valence-electron chi connectivity index (χ1n) is 7.24. The molecule has 1 amide bonds. The van der Waals surface area contributed by atoms with Crippen LogP contribution >= 0.6 is 0 Å². The van der Waals surface area contributed by atoms with Gasteiger partial charge in [0.25, 0.3) is 5.91 Å². The minimum atomic E-state index is -0.132. The molecule has 6 nitrogen and oxygen atoms in total. The van der Waals surface area contributed by atoms with Gasteiger partial charge < -0.3 is 14.8 Å². The number of nitrogens with zero attached hydrogens (tertiary/aromatic N) is 2. The Morgan fingerprint density at radius 1 is 1.32 bits per heavy atom. The summed E-state index contributed by atoms with van der Waals surface area (Å²) in [5.41, 5.74) is 2.62. The van der Waals surface area contributed by atoms with Gasteiger partial charge >= 0.3 is 0 Å². The topological polar surface area (TPSA) is 65.4 Å². The molecule has 0 radical (unpaired) electrons. The number of aromatic nitrogens is 2. The van der Waals surface area contributed by atoms with Gasteiger partial charge in [-0.2, -0.15) is 5.10 Å². The summed E-state index contributed by atoms with van der Waals surface area (Å²) in [6, 6.07) is 7.18. The van der Waals surface area contributed by atoms with E-state index in [2.05, 4.69) is 10.4 Å². The van der Waals surface area contributed by atoms with E-state index in [0.29, 0.717) is 23.6 Å². The van der Waals surface area contributed by atoms with Gasteiger partial charge in [0.15, 0.2) is 11.5 Å². The van der Waals surface area contributed by atoms with Crippen LogP contribution in [0.3, 0.4) is 0 Å². The molecule has 0 saturated carbocycles. The Morgan fingerprint density at radius 2 is 2.09 bits per heavy atom. The lowest BCUT2D eigenvalue weighted by molar-refractivity contribution is 0.0935. The van der Waals surface area contributed by atoms with E-state index in [1.165, 1.54) is 0 Å². The summed E-state index contributed by atoms with van der Waals surface area (Å²) in [7, 11) is 0. The molecule has 6 heteroatoms. The van der Waals surface area contributed by atoms with E-state index < -0.39 is 0 Å². The van der Waals surface area contributed by atoms with Gasteiger partial charge in [0.1, 0.15) is 0 Å². The molecule has 1 atom stereocenters. The maximum absolute atomic E-state index is 12.3. The zero-order valence-electron chi connectivity index (χ0n) is 12.9. The second-order valence-corrected chi connectivity index (χ2v) is 5.55. The highest BCUT2D eigenvalue weighted by molar-refractivity contribution is 5.95. The van der Waals surface area contributed by atoms with Crippen molar-refractivity contribution in [2.75, 3.05) is 6.79 Å². The predicted octanol–water partition coefficient (Wildman–Crippen LogP) is 2.05. The molecule has 1 unspecified atom stereocenters. The standard InChI is InChI=1S/C16H19N3O3/c1-10-6-12(3)19(18-10)8-11(2)17-16(20)13-4-5-14-15(7-13)22-9-21-14/h4-7,11H,8-9H2,1-3H3,(H,17,20). The molecule has 0 aliphatic carbocycles. The second-order valence-electron chi connectivity index (χ2n) is 5.55. The molecule has 1 N–H and O–H groups in total. The highest BCUT2D eigenvalue weighted by Gasteiger charge is 2.17. The van der Waals surface area contributed by atoms with Crippen molar-refractivity contribution in [1.29, 1.82) is 0 Å². The monoisotopic (exact) mass is 301 g/mol. The Hall–Kier alpha value is -2.50. The van der Waals surface area contributed by atoms with E-state index >= 15 is 0 Å². The third-order valence-electron chi connectivity index (χ3n) is 3.56. The van der Waals surface area contributed by atoms with Crippen LogP contribution in [0.1, 0.15) is 28.7 Å². The van der Waals surface area contributed by atoms with Crippen molar-refractivity contribution in [3.8, 4) is 11.5 Å². The number of carbonyl (C=O) groups is 1. The first-order chi connectivity index (χ1) is 10.5. The van der Waals surface area contributed by atoms with Crippen LogP contribution < -0.4 is 14.8 Å². The molecule has 0 saturated heterocycles. The minimum Gasteiger partial charge on any atom is -0.454 e. The van der Waals surface area contributed by atoms with E-state index in [1.54, 1.807) is 18.2 Å². The molecule has 1 aliphatic heterocycles. The highest BCUT2D eigenvalue weighted by atomic mass is 16.7. The maximum Gasteiger partial charge on any atom is 0.251 e. The summed E-state index contributed by atoms with van der Waals surface area (Å²) < 4.78 is 12.4. The molecular weight excluding hydrogens is 282 g/mol. The van der Waals surface area contributed by atoms with Crippen molar-refractivity contribution in [1.82, 2.24) is 15.1 Å². The zero-order chi connectivity index (χ0) is 15.7. The molecule has 22 heavy (non-hydrogen) atoms. The average Bonchev–Trinajstić information content (AvgIpc) is 3.04. The van der Waals surface area contributed by atoms with Gasteiger partial charge in [0, 0.05) is 17.3 Å². The lowest BCUT2D eigenvalue weighted by atomic mass is 10.1. The van der Waals surface area contributed by atoms with Crippen LogP contribution in [0.15, 0.2) is 24.3 Å². The number of benzene rings is 1. The number of amides is 1. The van der Waals surface area contributed by atoms with Gasteiger partial charge in [0.05, 0.1) is 12.2 Å². The molecule has 116 valence electrons. The maximum atomic E-state index is 12.3. The molecule has 0 bridgehead atoms. The van der Waals surface area contributed by atoms with E-state index in [0.717, 1.165) is 11.4 Å². The van der Waals surface area contributed by atoms with Crippen LogP contribution in [-0.2, 0) is 6.54 Å². The third kappa shape index (κ3) is 2.90. The number of nitrogens with one attached hydrogen (secondary N) is 1. The van der Waals surface area contributed by atoms with Crippen LogP contribution in [-0.4, -0.2) is 28.5 Å². The van der Waals surface area contributed by atoms with Crippen molar-refractivity contribution < 1.29 is 14.3 Å². The van der Waals surface area contributed by atoms with Gasteiger partial charge in [-0.3, -0.25) is 9.48 Å². The fraction of sp³-hybridized carbons (Fsp3) is 0.375. The Morgan fingerprint density at radius 3 is 2.82 bits per heavy atom. The number of rotatable bonds is 4. The molecule has 1 aliphatic rings. The number of ether oxygens (including phenoxy) is 2. The second kappa shape index (κ2) is 5.71. The largest absolute Gasteiger partial charge is 0.454 e. The van der Waals surface area contributed by atoms with Gasteiger partial charge in [-0.05, 0) is 45.0 Å². The molecule has 3 rings (SSSR count). The fourth-order valence-electron chi connectivity index (χ4n) is 2.51. The highest BCUT2D eigenvalue weighted by Crippen LogP contribution is 2.32. The fourth-order valence-corrected chi connectivity index (χ4v) is 2.51. The van der Waals surface area contributed by atoms with Crippen LogP contribution in [0.25, 0.3) is 0 Å². The average molecular weight is 301 g/mol. The summed E-state index contributed by atoms with van der Waals surface area (Å²) in [5.74, 6) is 1.15. The van der Waals surface area contributed by atoms with Gasteiger partial charge in [-0.25, -0.2) is 0 Å². The van der Waals surface area contributed by atoms with Crippen molar-refractivity contribution in [3.63, 3.8) is 0 Å². The van der Waals surface area contributed by atoms with Gasteiger partial charge in [0.2, 0.25) is 6.79 Å². The van der Waals surface area contributed by atoms with E-state index in [-0.39, 0.29) is 18.7 Å². The number of hydrogen-bond acceptors (Lipinski definition) is 4. The Balaban J connectivity index is 1.65. The van der Waals surface area contributed by atoms with Gasteiger partial charge in [-0.1, -0.05) is 0 Å². The summed E-state index contributed by atoms with van der Waals surface area (Å²) in [6.45, 7) is 6.76. The van der Waals surface area contributed by atoms with Gasteiger partial charge in [-0.15, -0.1) is 0 Å². The molecule has 1 aromatic heterocycles. The Bertz CT molecular complexity index is 709. The third-order valence-corrected chi connectivity index (χ3v) is 3.56.